The Morgan fingerprint density at radius 1 is 0.354 bits per heavy atom. The lowest BCUT2D eigenvalue weighted by atomic mass is 9.99. The highest BCUT2D eigenvalue weighted by atomic mass is 16.3. The highest BCUT2D eigenvalue weighted by molar-refractivity contribution is 6.15. The molecule has 0 fully saturated rings. The summed E-state index contributed by atoms with van der Waals surface area (Å²) in [5.41, 5.74) is 12.3. The quantitative estimate of drug-likeness (QED) is 0.185. The number of anilines is 3. The average Bonchev–Trinajstić information content (AvgIpc) is 3.55. The number of para-hydroxylation sites is 2. The number of fused-ring (bicyclic) bond motifs is 5. The first-order chi connectivity index (χ1) is 23.8. The first-order valence-corrected chi connectivity index (χ1v) is 16.3. The Kier molecular flexibility index (Phi) is 6.84. The number of furan rings is 1. The van der Waals surface area contributed by atoms with Crippen LogP contribution in [0.3, 0.4) is 0 Å². The van der Waals surface area contributed by atoms with E-state index < -0.39 is 0 Å². The molecule has 226 valence electrons. The largest absolute Gasteiger partial charge is 0.455 e. The molecule has 0 aliphatic heterocycles. The fourth-order valence-corrected chi connectivity index (χ4v) is 6.88. The van der Waals surface area contributed by atoms with E-state index in [4.69, 9.17) is 4.42 Å². The van der Waals surface area contributed by atoms with E-state index >= 15 is 0 Å². The molecule has 9 aromatic rings. The Hall–Kier alpha value is -6.38. The van der Waals surface area contributed by atoms with E-state index in [-0.39, 0.29) is 0 Å². The molecule has 0 radical (unpaired) electrons. The molecule has 1 aromatic heterocycles. The fourth-order valence-electron chi connectivity index (χ4n) is 6.88. The Morgan fingerprint density at radius 3 is 1.62 bits per heavy atom. The molecule has 0 bridgehead atoms. The second-order valence-electron chi connectivity index (χ2n) is 12.2. The van der Waals surface area contributed by atoms with E-state index in [1.807, 2.05) is 12.1 Å². The Balaban J connectivity index is 1.16. The van der Waals surface area contributed by atoms with Crippen LogP contribution >= 0.6 is 0 Å². The first kappa shape index (κ1) is 27.9. The van der Waals surface area contributed by atoms with Crippen LogP contribution in [0.25, 0.3) is 66.1 Å². The Bertz CT molecular complexity index is 2530. The molecule has 0 aliphatic carbocycles. The van der Waals surface area contributed by atoms with Gasteiger partial charge in [-0.2, -0.15) is 0 Å². The molecule has 0 saturated carbocycles. The molecule has 0 saturated heterocycles. The van der Waals surface area contributed by atoms with E-state index in [1.165, 1.54) is 33.4 Å². The predicted molar refractivity (Wildman–Crippen MR) is 202 cm³/mol. The zero-order valence-corrected chi connectivity index (χ0v) is 26.3. The van der Waals surface area contributed by atoms with Crippen LogP contribution in [-0.4, -0.2) is 0 Å². The molecule has 1 heterocycles. The van der Waals surface area contributed by atoms with E-state index in [2.05, 4.69) is 181 Å². The number of rotatable bonds is 6. The van der Waals surface area contributed by atoms with Crippen LogP contribution in [-0.2, 0) is 0 Å². The number of hydrogen-bond acceptors (Lipinski definition) is 2. The summed E-state index contributed by atoms with van der Waals surface area (Å²) < 4.78 is 6.39. The van der Waals surface area contributed by atoms with Gasteiger partial charge in [-0.25, -0.2) is 0 Å². The molecular weight excluding hydrogens is 583 g/mol. The molecule has 2 heteroatoms. The van der Waals surface area contributed by atoms with Crippen LogP contribution in [0.15, 0.2) is 192 Å². The summed E-state index contributed by atoms with van der Waals surface area (Å²) in [6.07, 6.45) is 0. The van der Waals surface area contributed by atoms with E-state index in [0.29, 0.717) is 0 Å². The zero-order chi connectivity index (χ0) is 31.9. The van der Waals surface area contributed by atoms with Gasteiger partial charge in [-0.15, -0.1) is 0 Å². The van der Waals surface area contributed by atoms with Gasteiger partial charge in [-0.3, -0.25) is 0 Å². The summed E-state index contributed by atoms with van der Waals surface area (Å²) in [4.78, 5) is 2.37. The molecular formula is C46H31NO. The van der Waals surface area contributed by atoms with Crippen LogP contribution in [0.5, 0.6) is 0 Å². The van der Waals surface area contributed by atoms with E-state index in [0.717, 1.165) is 49.8 Å². The zero-order valence-electron chi connectivity index (χ0n) is 26.3. The minimum Gasteiger partial charge on any atom is -0.455 e. The van der Waals surface area contributed by atoms with Crippen molar-refractivity contribution in [2.24, 2.45) is 0 Å². The second-order valence-corrected chi connectivity index (χ2v) is 12.2. The predicted octanol–water partition coefficient (Wildman–Crippen LogP) is 13.2. The van der Waals surface area contributed by atoms with Crippen LogP contribution in [0.4, 0.5) is 17.1 Å². The van der Waals surface area contributed by atoms with Gasteiger partial charge < -0.3 is 9.32 Å². The molecule has 0 spiro atoms. The summed E-state index contributed by atoms with van der Waals surface area (Å²) in [5.74, 6) is 0. The smallest absolute Gasteiger partial charge is 0.143 e. The minimum atomic E-state index is 0.914. The lowest BCUT2D eigenvalue weighted by molar-refractivity contribution is 0.672. The number of hydrogen-bond donors (Lipinski definition) is 0. The van der Waals surface area contributed by atoms with Crippen molar-refractivity contribution >= 4 is 49.8 Å². The van der Waals surface area contributed by atoms with Crippen molar-refractivity contribution in [3.8, 4) is 33.4 Å². The lowest BCUT2D eigenvalue weighted by Crippen LogP contribution is -2.11. The molecule has 0 aliphatic rings. The molecule has 0 amide bonds. The molecule has 48 heavy (non-hydrogen) atoms. The normalized spacial score (nSPS) is 11.3. The Morgan fingerprint density at radius 2 is 0.896 bits per heavy atom. The van der Waals surface area contributed by atoms with Crippen molar-refractivity contribution in [1.29, 1.82) is 0 Å². The summed E-state index contributed by atoms with van der Waals surface area (Å²) in [7, 11) is 0. The summed E-state index contributed by atoms with van der Waals surface area (Å²) in [6, 6.07) is 66.9. The topological polar surface area (TPSA) is 16.4 Å². The number of benzene rings is 8. The maximum atomic E-state index is 6.39. The van der Waals surface area contributed by atoms with Gasteiger partial charge in [-0.05, 0) is 81.7 Å². The second kappa shape index (κ2) is 11.8. The molecule has 9 rings (SSSR count). The third-order valence-corrected chi connectivity index (χ3v) is 9.28. The third-order valence-electron chi connectivity index (χ3n) is 9.28. The van der Waals surface area contributed by atoms with Crippen LogP contribution in [0.2, 0.25) is 0 Å². The maximum absolute atomic E-state index is 6.39. The van der Waals surface area contributed by atoms with E-state index in [9.17, 15) is 0 Å². The van der Waals surface area contributed by atoms with Crippen molar-refractivity contribution in [3.05, 3.63) is 188 Å². The standard InChI is InChI=1S/C46H31NO/c1-3-11-32(12-4-1)33-19-21-34(22-20-33)35-23-26-38(27-24-35)47(44-17-9-7-15-40(44)36-13-5-2-6-14-36)39-28-30-41-37(31-39)25-29-43-42-16-8-10-18-45(42)48-46(41)43/h1-31H. The third kappa shape index (κ3) is 4.92. The molecule has 0 N–H and O–H groups in total. The van der Waals surface area contributed by atoms with Crippen molar-refractivity contribution < 1.29 is 4.42 Å². The van der Waals surface area contributed by atoms with Gasteiger partial charge in [0.1, 0.15) is 11.2 Å². The van der Waals surface area contributed by atoms with Crippen molar-refractivity contribution in [2.45, 2.75) is 0 Å². The van der Waals surface area contributed by atoms with Crippen molar-refractivity contribution in [1.82, 2.24) is 0 Å². The monoisotopic (exact) mass is 613 g/mol. The van der Waals surface area contributed by atoms with Crippen LogP contribution < -0.4 is 4.90 Å². The Labute approximate surface area is 279 Å². The van der Waals surface area contributed by atoms with Crippen LogP contribution in [0, 0.1) is 0 Å². The van der Waals surface area contributed by atoms with Gasteiger partial charge in [0.25, 0.3) is 0 Å². The highest BCUT2D eigenvalue weighted by Crippen LogP contribution is 2.43. The van der Waals surface area contributed by atoms with Gasteiger partial charge in [0.15, 0.2) is 0 Å². The summed E-state index contributed by atoms with van der Waals surface area (Å²) in [6.45, 7) is 0. The molecule has 0 atom stereocenters. The molecule has 0 unspecified atom stereocenters. The highest BCUT2D eigenvalue weighted by Gasteiger charge is 2.19. The van der Waals surface area contributed by atoms with Crippen LogP contribution in [0.1, 0.15) is 0 Å². The summed E-state index contributed by atoms with van der Waals surface area (Å²) in [5, 5.41) is 4.53. The van der Waals surface area contributed by atoms with Gasteiger partial charge >= 0.3 is 0 Å². The molecule has 8 aromatic carbocycles. The van der Waals surface area contributed by atoms with Crippen molar-refractivity contribution in [2.75, 3.05) is 4.90 Å². The SMILES string of the molecule is c1ccc(-c2ccc(-c3ccc(N(c4ccc5c(ccc6c7ccccc7oc56)c4)c4ccccc4-c4ccccc4)cc3)cc2)cc1. The number of nitrogens with zero attached hydrogens (tertiary/aromatic N) is 1. The van der Waals surface area contributed by atoms with Gasteiger partial charge in [0.2, 0.25) is 0 Å². The minimum absolute atomic E-state index is 0.914. The first-order valence-electron chi connectivity index (χ1n) is 16.3. The lowest BCUT2D eigenvalue weighted by Gasteiger charge is -2.28. The van der Waals surface area contributed by atoms with Crippen molar-refractivity contribution in [3.63, 3.8) is 0 Å². The van der Waals surface area contributed by atoms with Gasteiger partial charge in [0.05, 0.1) is 5.69 Å². The summed E-state index contributed by atoms with van der Waals surface area (Å²) >= 11 is 0. The fraction of sp³-hybridized carbons (Fsp3) is 0. The van der Waals surface area contributed by atoms with Gasteiger partial charge in [-0.1, -0.05) is 140 Å². The molecule has 2 nitrogen and oxygen atoms in total. The average molecular weight is 614 g/mol. The maximum Gasteiger partial charge on any atom is 0.143 e. The van der Waals surface area contributed by atoms with E-state index in [1.54, 1.807) is 0 Å². The van der Waals surface area contributed by atoms with Gasteiger partial charge in [0, 0.05) is 33.1 Å².